The van der Waals surface area contributed by atoms with Crippen LogP contribution in [0.25, 0.3) is 0 Å². The first-order valence-corrected chi connectivity index (χ1v) is 10.8. The van der Waals surface area contributed by atoms with Crippen molar-refractivity contribution in [3.8, 4) is 5.75 Å². The molecule has 1 saturated carbocycles. The zero-order valence-corrected chi connectivity index (χ0v) is 17.5. The Hall–Kier alpha value is -2.89. The van der Waals surface area contributed by atoms with Crippen molar-refractivity contribution in [3.63, 3.8) is 0 Å². The topological polar surface area (TPSA) is 71.5 Å². The maximum absolute atomic E-state index is 13.3. The summed E-state index contributed by atoms with van der Waals surface area (Å²) in [5.41, 5.74) is 2.74. The lowest BCUT2D eigenvalue weighted by molar-refractivity contribution is -0.146. The second-order valence-corrected chi connectivity index (χ2v) is 8.30. The number of ether oxygens (including phenoxy) is 1. The molecule has 0 saturated heterocycles. The normalized spacial score (nSPS) is 18.4. The van der Waals surface area contributed by atoms with Gasteiger partial charge in [-0.1, -0.05) is 25.3 Å². The van der Waals surface area contributed by atoms with E-state index in [0.717, 1.165) is 35.4 Å². The lowest BCUT2D eigenvalue weighted by Crippen LogP contribution is -2.42. The minimum atomic E-state index is -0.454. The zero-order chi connectivity index (χ0) is 20.9. The van der Waals surface area contributed by atoms with Gasteiger partial charge in [-0.15, -0.1) is 0 Å². The summed E-state index contributed by atoms with van der Waals surface area (Å²) >= 11 is 0. The summed E-state index contributed by atoms with van der Waals surface area (Å²) in [5, 5.41) is 3.25. The predicted molar refractivity (Wildman–Crippen MR) is 115 cm³/mol. The molecule has 0 spiro atoms. The van der Waals surface area contributed by atoms with Crippen LogP contribution >= 0.6 is 0 Å². The van der Waals surface area contributed by atoms with E-state index in [1.165, 1.54) is 19.3 Å². The van der Waals surface area contributed by atoms with Gasteiger partial charge in [0.2, 0.25) is 5.78 Å². The van der Waals surface area contributed by atoms with E-state index in [9.17, 15) is 9.59 Å². The fourth-order valence-electron chi connectivity index (χ4n) is 4.59. The molecule has 4 rings (SSSR count). The summed E-state index contributed by atoms with van der Waals surface area (Å²) in [6, 6.07) is 9.42. The smallest absolute Gasteiger partial charge is 0.290 e. The molecule has 1 aromatic heterocycles. The second kappa shape index (κ2) is 9.28. The molecule has 1 aliphatic heterocycles. The SMILES string of the molecule is COc1ccc2c(c1)NCC2C(=O)C(=O)N(Cc1ccncc1)CC1CCCCC1. The third kappa shape index (κ3) is 4.48. The molecule has 158 valence electrons. The van der Waals surface area contributed by atoms with Crippen LogP contribution in [0.15, 0.2) is 42.7 Å². The van der Waals surface area contributed by atoms with E-state index in [1.54, 1.807) is 24.4 Å². The van der Waals surface area contributed by atoms with Crippen molar-refractivity contribution >= 4 is 17.4 Å². The Balaban J connectivity index is 1.52. The van der Waals surface area contributed by atoms with Crippen molar-refractivity contribution < 1.29 is 14.3 Å². The van der Waals surface area contributed by atoms with Gasteiger partial charge in [0, 0.05) is 43.8 Å². The van der Waals surface area contributed by atoms with Crippen LogP contribution in [0.3, 0.4) is 0 Å². The third-order valence-electron chi connectivity index (χ3n) is 6.27. The van der Waals surface area contributed by atoms with Crippen molar-refractivity contribution in [2.75, 3.05) is 25.5 Å². The Kier molecular flexibility index (Phi) is 6.31. The van der Waals surface area contributed by atoms with Crippen LogP contribution in [0.2, 0.25) is 0 Å². The first-order valence-electron chi connectivity index (χ1n) is 10.8. The predicted octanol–water partition coefficient (Wildman–Crippen LogP) is 3.78. The lowest BCUT2D eigenvalue weighted by Gasteiger charge is -2.30. The van der Waals surface area contributed by atoms with Gasteiger partial charge in [-0.05, 0) is 48.1 Å². The van der Waals surface area contributed by atoms with Crippen LogP contribution in [0.1, 0.15) is 49.1 Å². The number of ketones is 1. The van der Waals surface area contributed by atoms with Gasteiger partial charge in [0.15, 0.2) is 0 Å². The zero-order valence-electron chi connectivity index (χ0n) is 17.5. The summed E-state index contributed by atoms with van der Waals surface area (Å²) in [7, 11) is 1.62. The molecular formula is C24H29N3O3. The Morgan fingerprint density at radius 1 is 1.13 bits per heavy atom. The van der Waals surface area contributed by atoms with E-state index in [-0.39, 0.29) is 11.7 Å². The van der Waals surface area contributed by atoms with Gasteiger partial charge in [-0.25, -0.2) is 0 Å². The van der Waals surface area contributed by atoms with Crippen LogP contribution in [-0.4, -0.2) is 41.8 Å². The average Bonchev–Trinajstić information content (AvgIpc) is 3.22. The van der Waals surface area contributed by atoms with Crippen molar-refractivity contribution in [3.05, 3.63) is 53.9 Å². The number of benzene rings is 1. The second-order valence-electron chi connectivity index (χ2n) is 8.30. The van der Waals surface area contributed by atoms with Crippen LogP contribution in [0, 0.1) is 5.92 Å². The molecule has 2 aromatic rings. The van der Waals surface area contributed by atoms with Gasteiger partial charge in [-0.3, -0.25) is 14.6 Å². The van der Waals surface area contributed by atoms with E-state index < -0.39 is 5.92 Å². The maximum atomic E-state index is 13.3. The van der Waals surface area contributed by atoms with Gasteiger partial charge >= 0.3 is 0 Å². The molecule has 0 bridgehead atoms. The van der Waals surface area contributed by atoms with Gasteiger partial charge in [-0.2, -0.15) is 0 Å². The fourth-order valence-corrected chi connectivity index (χ4v) is 4.59. The maximum Gasteiger partial charge on any atom is 0.290 e. The number of hydrogen-bond acceptors (Lipinski definition) is 5. The monoisotopic (exact) mass is 407 g/mol. The number of aromatic nitrogens is 1. The van der Waals surface area contributed by atoms with E-state index in [1.807, 2.05) is 30.3 Å². The molecule has 1 aromatic carbocycles. The Morgan fingerprint density at radius 2 is 1.90 bits per heavy atom. The Bertz CT molecular complexity index is 894. The van der Waals surface area contributed by atoms with Crippen LogP contribution in [0.5, 0.6) is 5.75 Å². The van der Waals surface area contributed by atoms with Crippen molar-refractivity contribution in [2.24, 2.45) is 5.92 Å². The molecule has 2 aliphatic rings. The third-order valence-corrected chi connectivity index (χ3v) is 6.27. The number of amides is 1. The van der Waals surface area contributed by atoms with Crippen molar-refractivity contribution in [2.45, 2.75) is 44.6 Å². The minimum Gasteiger partial charge on any atom is -0.497 e. The number of anilines is 1. The van der Waals surface area contributed by atoms with E-state index >= 15 is 0 Å². The molecule has 0 radical (unpaired) electrons. The summed E-state index contributed by atoms with van der Waals surface area (Å²) in [5.74, 6) is 0.0294. The van der Waals surface area contributed by atoms with Gasteiger partial charge in [0.25, 0.3) is 5.91 Å². The van der Waals surface area contributed by atoms with Crippen LogP contribution < -0.4 is 10.1 Å². The minimum absolute atomic E-state index is 0.337. The largest absolute Gasteiger partial charge is 0.497 e. The summed E-state index contributed by atoms with van der Waals surface area (Å²) < 4.78 is 5.27. The molecule has 1 aliphatic carbocycles. The molecule has 6 nitrogen and oxygen atoms in total. The number of nitrogens with zero attached hydrogens (tertiary/aromatic N) is 2. The Labute approximate surface area is 177 Å². The fraction of sp³-hybridized carbons (Fsp3) is 0.458. The van der Waals surface area contributed by atoms with Gasteiger partial charge in [0.05, 0.1) is 13.0 Å². The van der Waals surface area contributed by atoms with Crippen LogP contribution in [-0.2, 0) is 16.1 Å². The lowest BCUT2D eigenvalue weighted by atomic mass is 9.88. The quantitative estimate of drug-likeness (QED) is 0.708. The number of hydrogen-bond donors (Lipinski definition) is 1. The standard InChI is InChI=1S/C24H29N3O3/c1-30-19-7-8-20-21(14-26-22(20)13-19)23(28)24(29)27(15-17-5-3-2-4-6-17)16-18-9-11-25-12-10-18/h7-13,17,21,26H,2-6,14-16H2,1H3. The molecule has 1 atom stereocenters. The van der Waals surface area contributed by atoms with Gasteiger partial charge < -0.3 is 15.0 Å². The highest BCUT2D eigenvalue weighted by Gasteiger charge is 2.36. The molecule has 1 unspecified atom stereocenters. The average molecular weight is 408 g/mol. The first kappa shape index (κ1) is 20.4. The molecule has 6 heteroatoms. The number of Topliss-reactive ketones (excluding diaryl/α,β-unsaturated/α-hetero) is 1. The highest BCUT2D eigenvalue weighted by atomic mass is 16.5. The summed E-state index contributed by atoms with van der Waals surface area (Å²) in [4.78, 5) is 32.4. The summed E-state index contributed by atoms with van der Waals surface area (Å²) in [6.07, 6.45) is 9.39. The van der Waals surface area contributed by atoms with Crippen molar-refractivity contribution in [1.82, 2.24) is 9.88 Å². The van der Waals surface area contributed by atoms with E-state index in [4.69, 9.17) is 4.74 Å². The molecule has 1 amide bonds. The Morgan fingerprint density at radius 3 is 2.63 bits per heavy atom. The van der Waals surface area contributed by atoms with Crippen molar-refractivity contribution in [1.29, 1.82) is 0 Å². The molecular weight excluding hydrogens is 378 g/mol. The number of nitrogens with one attached hydrogen (secondary N) is 1. The number of pyridine rings is 1. The highest BCUT2D eigenvalue weighted by molar-refractivity contribution is 6.38. The van der Waals surface area contributed by atoms with E-state index in [2.05, 4.69) is 10.3 Å². The molecule has 2 heterocycles. The van der Waals surface area contributed by atoms with E-state index in [0.29, 0.717) is 25.6 Å². The van der Waals surface area contributed by atoms with Gasteiger partial charge in [0.1, 0.15) is 5.75 Å². The number of carbonyl (C=O) groups excluding carboxylic acids is 2. The summed E-state index contributed by atoms with van der Waals surface area (Å²) in [6.45, 7) is 1.53. The number of rotatable bonds is 7. The molecule has 1 N–H and O–H groups in total. The molecule has 1 fully saturated rings. The number of carbonyl (C=O) groups is 2. The number of fused-ring (bicyclic) bond motifs is 1. The highest BCUT2D eigenvalue weighted by Crippen LogP contribution is 2.35. The number of methoxy groups -OCH3 is 1. The first-order chi connectivity index (χ1) is 14.7. The molecule has 30 heavy (non-hydrogen) atoms. The van der Waals surface area contributed by atoms with Crippen LogP contribution in [0.4, 0.5) is 5.69 Å².